The second-order valence-electron chi connectivity index (χ2n) is 3.57. The van der Waals surface area contributed by atoms with E-state index in [1.165, 1.54) is 19.2 Å². The van der Waals surface area contributed by atoms with Crippen LogP contribution in [0.15, 0.2) is 18.2 Å². The minimum atomic E-state index is -0.593. The normalized spacial score (nSPS) is 11.3. The fourth-order valence-electron chi connectivity index (χ4n) is 1.19. The molecule has 1 atom stereocenters. The first-order valence-corrected chi connectivity index (χ1v) is 5.40. The van der Waals surface area contributed by atoms with Gasteiger partial charge in [0.2, 0.25) is 0 Å². The number of nitrogens with one attached hydrogen (secondary N) is 1. The summed E-state index contributed by atoms with van der Waals surface area (Å²) in [7, 11) is 1.43. The number of anilines is 1. The Balaban J connectivity index is 2.82. The van der Waals surface area contributed by atoms with Crippen molar-refractivity contribution in [3.63, 3.8) is 0 Å². The first-order chi connectivity index (χ1) is 8.58. The van der Waals surface area contributed by atoms with Crippen molar-refractivity contribution >= 4 is 11.6 Å². The van der Waals surface area contributed by atoms with Gasteiger partial charge in [0.15, 0.2) is 0 Å². The second kappa shape index (κ2) is 6.74. The molecule has 0 saturated carbocycles. The molecule has 1 unspecified atom stereocenters. The van der Waals surface area contributed by atoms with Crippen molar-refractivity contribution in [1.82, 2.24) is 0 Å². The van der Waals surface area contributed by atoms with Crippen LogP contribution in [0.4, 0.5) is 10.1 Å². The van der Waals surface area contributed by atoms with Gasteiger partial charge in [0.25, 0.3) is 5.91 Å². The fourth-order valence-corrected chi connectivity index (χ4v) is 1.19. The van der Waals surface area contributed by atoms with Crippen LogP contribution in [0.2, 0.25) is 0 Å². The van der Waals surface area contributed by atoms with Crippen molar-refractivity contribution in [2.45, 2.75) is 13.0 Å². The molecule has 1 aromatic carbocycles. The van der Waals surface area contributed by atoms with Crippen molar-refractivity contribution in [2.24, 2.45) is 5.73 Å². The van der Waals surface area contributed by atoms with Gasteiger partial charge in [0, 0.05) is 12.8 Å². The number of halogens is 1. The van der Waals surface area contributed by atoms with E-state index in [9.17, 15) is 9.18 Å². The van der Waals surface area contributed by atoms with Gasteiger partial charge in [-0.3, -0.25) is 4.79 Å². The van der Waals surface area contributed by atoms with Crippen LogP contribution < -0.4 is 11.1 Å². The Morgan fingerprint density at radius 2 is 2.33 bits per heavy atom. The maximum atomic E-state index is 13.6. The molecule has 0 heterocycles. The van der Waals surface area contributed by atoms with E-state index < -0.39 is 11.9 Å². The molecule has 0 aliphatic carbocycles. The number of carbonyl (C=O) groups is 1. The van der Waals surface area contributed by atoms with Crippen molar-refractivity contribution in [2.75, 3.05) is 19.0 Å². The first kappa shape index (κ1) is 14.2. The van der Waals surface area contributed by atoms with Gasteiger partial charge in [-0.2, -0.15) is 0 Å². The maximum Gasteiger partial charge on any atom is 0.253 e. The van der Waals surface area contributed by atoms with E-state index in [1.54, 1.807) is 13.0 Å². The summed E-state index contributed by atoms with van der Waals surface area (Å²) in [5.74, 6) is 4.33. The molecule has 0 saturated heterocycles. The van der Waals surface area contributed by atoms with E-state index in [4.69, 9.17) is 10.5 Å². The minimum Gasteiger partial charge on any atom is -0.372 e. The van der Waals surface area contributed by atoms with Crippen LogP contribution in [0.25, 0.3) is 0 Å². The Morgan fingerprint density at radius 1 is 1.61 bits per heavy atom. The molecule has 0 radical (unpaired) electrons. The number of nitrogens with two attached hydrogens (primary N) is 1. The van der Waals surface area contributed by atoms with E-state index in [0.717, 1.165) is 0 Å². The predicted octanol–water partition coefficient (Wildman–Crippen LogP) is 1.11. The van der Waals surface area contributed by atoms with Crippen LogP contribution in [-0.2, 0) is 9.53 Å². The maximum absolute atomic E-state index is 13.6. The summed E-state index contributed by atoms with van der Waals surface area (Å²) in [5.41, 5.74) is 5.81. The average molecular weight is 250 g/mol. The molecule has 0 aliphatic rings. The highest BCUT2D eigenvalue weighted by atomic mass is 19.1. The third kappa shape index (κ3) is 3.84. The van der Waals surface area contributed by atoms with E-state index >= 15 is 0 Å². The third-order valence-corrected chi connectivity index (χ3v) is 2.28. The molecule has 0 bridgehead atoms. The highest BCUT2D eigenvalue weighted by Crippen LogP contribution is 2.14. The zero-order valence-electron chi connectivity index (χ0n) is 10.3. The van der Waals surface area contributed by atoms with E-state index in [2.05, 4.69) is 17.2 Å². The largest absolute Gasteiger partial charge is 0.372 e. The van der Waals surface area contributed by atoms with Gasteiger partial charge in [-0.15, -0.1) is 0 Å². The monoisotopic (exact) mass is 250 g/mol. The molecule has 1 rings (SSSR count). The Bertz CT molecular complexity index is 491. The van der Waals surface area contributed by atoms with E-state index in [0.29, 0.717) is 5.69 Å². The third-order valence-electron chi connectivity index (χ3n) is 2.28. The van der Waals surface area contributed by atoms with E-state index in [1.807, 2.05) is 0 Å². The van der Waals surface area contributed by atoms with Crippen LogP contribution >= 0.6 is 0 Å². The number of ether oxygens (including phenoxy) is 1. The van der Waals surface area contributed by atoms with Gasteiger partial charge in [-0.1, -0.05) is 11.8 Å². The van der Waals surface area contributed by atoms with Crippen LogP contribution in [0.1, 0.15) is 12.5 Å². The standard InChI is InChI=1S/C13H15FN2O2/c1-9(18-2)13(17)16-11-6-5-10(4-3-7-15)12(14)8-11/h5-6,8-9H,7,15H2,1-2H3,(H,16,17). The summed E-state index contributed by atoms with van der Waals surface area (Å²) in [4.78, 5) is 11.5. The van der Waals surface area contributed by atoms with Gasteiger partial charge in [-0.05, 0) is 25.1 Å². The van der Waals surface area contributed by atoms with Gasteiger partial charge in [-0.25, -0.2) is 4.39 Å². The van der Waals surface area contributed by atoms with Crippen molar-refractivity contribution in [3.05, 3.63) is 29.6 Å². The first-order valence-electron chi connectivity index (χ1n) is 5.40. The van der Waals surface area contributed by atoms with Crippen LogP contribution in [0.3, 0.4) is 0 Å². The highest BCUT2D eigenvalue weighted by Gasteiger charge is 2.12. The molecule has 5 heteroatoms. The molecule has 0 fully saturated rings. The molecule has 4 nitrogen and oxygen atoms in total. The molecule has 0 spiro atoms. The van der Waals surface area contributed by atoms with Gasteiger partial charge < -0.3 is 15.8 Å². The number of rotatable bonds is 3. The summed E-state index contributed by atoms with van der Waals surface area (Å²) >= 11 is 0. The lowest BCUT2D eigenvalue weighted by Crippen LogP contribution is -2.26. The molecule has 0 aromatic heterocycles. The summed E-state index contributed by atoms with van der Waals surface area (Å²) in [6, 6.07) is 4.27. The summed E-state index contributed by atoms with van der Waals surface area (Å²) in [6.45, 7) is 1.77. The topological polar surface area (TPSA) is 64.3 Å². The quantitative estimate of drug-likeness (QED) is 0.790. The fraction of sp³-hybridized carbons (Fsp3) is 0.308. The average Bonchev–Trinajstić information content (AvgIpc) is 2.36. The molecular weight excluding hydrogens is 235 g/mol. The number of benzene rings is 1. The smallest absolute Gasteiger partial charge is 0.253 e. The summed E-state index contributed by atoms with van der Waals surface area (Å²) < 4.78 is 18.4. The molecule has 96 valence electrons. The zero-order chi connectivity index (χ0) is 13.5. The van der Waals surface area contributed by atoms with Gasteiger partial charge in [0.05, 0.1) is 12.1 Å². The zero-order valence-corrected chi connectivity index (χ0v) is 10.3. The Morgan fingerprint density at radius 3 is 2.89 bits per heavy atom. The Kier molecular flexibility index (Phi) is 5.31. The highest BCUT2D eigenvalue weighted by molar-refractivity contribution is 5.93. The van der Waals surface area contributed by atoms with Crippen molar-refractivity contribution < 1.29 is 13.9 Å². The molecule has 18 heavy (non-hydrogen) atoms. The number of hydrogen-bond acceptors (Lipinski definition) is 3. The van der Waals surface area contributed by atoms with Crippen LogP contribution in [0.5, 0.6) is 0 Å². The van der Waals surface area contributed by atoms with Crippen molar-refractivity contribution in [3.8, 4) is 11.8 Å². The number of amides is 1. The minimum absolute atomic E-state index is 0.170. The number of methoxy groups -OCH3 is 1. The SMILES string of the molecule is COC(C)C(=O)Nc1ccc(C#CCN)c(F)c1. The number of hydrogen-bond donors (Lipinski definition) is 2. The molecule has 1 aromatic rings. The summed E-state index contributed by atoms with van der Waals surface area (Å²) in [6.07, 6.45) is -0.593. The molecule has 0 aliphatic heterocycles. The Hall–Kier alpha value is -1.90. The lowest BCUT2D eigenvalue weighted by molar-refractivity contribution is -0.124. The lowest BCUT2D eigenvalue weighted by atomic mass is 10.2. The van der Waals surface area contributed by atoms with E-state index in [-0.39, 0.29) is 18.0 Å². The predicted molar refractivity (Wildman–Crippen MR) is 67.4 cm³/mol. The molecule has 3 N–H and O–H groups in total. The van der Waals surface area contributed by atoms with Crippen LogP contribution in [-0.4, -0.2) is 25.7 Å². The molecular formula is C13H15FN2O2. The summed E-state index contributed by atoms with van der Waals surface area (Å²) in [5, 5.41) is 2.54. The lowest BCUT2D eigenvalue weighted by Gasteiger charge is -2.10. The molecule has 1 amide bonds. The Labute approximate surface area is 105 Å². The van der Waals surface area contributed by atoms with Gasteiger partial charge >= 0.3 is 0 Å². The van der Waals surface area contributed by atoms with Gasteiger partial charge in [0.1, 0.15) is 11.9 Å². The number of carbonyl (C=O) groups excluding carboxylic acids is 1. The van der Waals surface area contributed by atoms with Crippen molar-refractivity contribution in [1.29, 1.82) is 0 Å². The second-order valence-corrected chi connectivity index (χ2v) is 3.57. The van der Waals surface area contributed by atoms with Crippen LogP contribution in [0, 0.1) is 17.7 Å².